The SMILES string of the molecule is Cc1cc(Br)c(NC(=O)CNS(=O)(=O)c2ccc(I)cc2)cc1C. The van der Waals surface area contributed by atoms with E-state index in [-0.39, 0.29) is 11.4 Å². The average Bonchev–Trinajstić information content (AvgIpc) is 2.51. The second-order valence-corrected chi connectivity index (χ2v) is 9.11. The Morgan fingerprint density at radius 1 is 1.12 bits per heavy atom. The summed E-state index contributed by atoms with van der Waals surface area (Å²) in [6, 6.07) is 10.1. The molecular weight excluding hydrogens is 507 g/mol. The van der Waals surface area contributed by atoms with E-state index in [1.165, 1.54) is 12.1 Å². The van der Waals surface area contributed by atoms with Crippen LogP contribution in [0.2, 0.25) is 0 Å². The number of hydrogen-bond acceptors (Lipinski definition) is 3. The van der Waals surface area contributed by atoms with Crippen LogP contribution in [0.4, 0.5) is 5.69 Å². The standard InChI is InChI=1S/C16H16BrIN2O3S/c1-10-7-14(17)15(8-11(10)2)20-16(21)9-19-24(22,23)13-5-3-12(18)4-6-13/h3-8,19H,9H2,1-2H3,(H,20,21). The fourth-order valence-corrected chi connectivity index (χ4v) is 3.83. The zero-order valence-corrected chi connectivity index (χ0v) is 17.6. The largest absolute Gasteiger partial charge is 0.324 e. The van der Waals surface area contributed by atoms with E-state index in [1.54, 1.807) is 12.1 Å². The van der Waals surface area contributed by atoms with Crippen molar-refractivity contribution in [2.24, 2.45) is 0 Å². The van der Waals surface area contributed by atoms with Crippen LogP contribution < -0.4 is 10.0 Å². The Balaban J connectivity index is 2.03. The highest BCUT2D eigenvalue weighted by molar-refractivity contribution is 14.1. The molecule has 0 saturated carbocycles. The van der Waals surface area contributed by atoms with Gasteiger partial charge in [-0.15, -0.1) is 0 Å². The Kier molecular flexibility index (Phi) is 6.40. The fraction of sp³-hybridized carbons (Fsp3) is 0.188. The zero-order chi connectivity index (χ0) is 17.9. The number of nitrogens with one attached hydrogen (secondary N) is 2. The van der Waals surface area contributed by atoms with Gasteiger partial charge < -0.3 is 5.32 Å². The van der Waals surface area contributed by atoms with Crippen molar-refractivity contribution in [3.63, 3.8) is 0 Å². The van der Waals surface area contributed by atoms with Gasteiger partial charge in [-0.25, -0.2) is 13.1 Å². The summed E-state index contributed by atoms with van der Waals surface area (Å²) in [5.74, 6) is -0.437. The van der Waals surface area contributed by atoms with Crippen LogP contribution in [0.15, 0.2) is 45.8 Å². The molecular formula is C16H16BrIN2O3S. The lowest BCUT2D eigenvalue weighted by Crippen LogP contribution is -2.33. The molecule has 0 unspecified atom stereocenters. The lowest BCUT2D eigenvalue weighted by Gasteiger charge is -2.11. The summed E-state index contributed by atoms with van der Waals surface area (Å²) in [5.41, 5.74) is 2.74. The molecule has 0 aliphatic rings. The van der Waals surface area contributed by atoms with Crippen LogP contribution in [-0.4, -0.2) is 20.9 Å². The quantitative estimate of drug-likeness (QED) is 0.589. The van der Waals surface area contributed by atoms with Crippen LogP contribution in [-0.2, 0) is 14.8 Å². The molecule has 0 saturated heterocycles. The van der Waals surface area contributed by atoms with Gasteiger partial charge in [0.2, 0.25) is 15.9 Å². The Labute approximate surface area is 163 Å². The van der Waals surface area contributed by atoms with Gasteiger partial charge in [0.05, 0.1) is 17.1 Å². The van der Waals surface area contributed by atoms with Gasteiger partial charge >= 0.3 is 0 Å². The maximum absolute atomic E-state index is 12.2. The molecule has 8 heteroatoms. The minimum absolute atomic E-state index is 0.128. The number of anilines is 1. The second-order valence-electron chi connectivity index (χ2n) is 5.24. The Hall–Kier alpha value is -0.970. The van der Waals surface area contributed by atoms with Crippen LogP contribution in [0, 0.1) is 17.4 Å². The number of benzene rings is 2. The highest BCUT2D eigenvalue weighted by Gasteiger charge is 2.16. The molecule has 0 radical (unpaired) electrons. The number of carbonyl (C=O) groups excluding carboxylic acids is 1. The monoisotopic (exact) mass is 522 g/mol. The number of amides is 1. The minimum atomic E-state index is -3.72. The van der Waals surface area contributed by atoms with Crippen molar-refractivity contribution in [2.45, 2.75) is 18.7 Å². The number of halogens is 2. The van der Waals surface area contributed by atoms with Gasteiger partial charge in [0.15, 0.2) is 0 Å². The summed E-state index contributed by atoms with van der Waals surface area (Å²) < 4.78 is 28.3. The minimum Gasteiger partial charge on any atom is -0.324 e. The van der Waals surface area contributed by atoms with Crippen molar-refractivity contribution < 1.29 is 13.2 Å². The first-order chi connectivity index (χ1) is 11.2. The first-order valence-electron chi connectivity index (χ1n) is 7.01. The van der Waals surface area contributed by atoms with E-state index in [0.29, 0.717) is 5.69 Å². The summed E-state index contributed by atoms with van der Waals surface area (Å²) >= 11 is 5.48. The van der Waals surface area contributed by atoms with Gasteiger partial charge in [-0.3, -0.25) is 4.79 Å². The molecule has 2 aromatic carbocycles. The number of carbonyl (C=O) groups is 1. The van der Waals surface area contributed by atoms with Gasteiger partial charge in [0.1, 0.15) is 0 Å². The molecule has 2 N–H and O–H groups in total. The molecule has 0 heterocycles. The molecule has 0 aromatic heterocycles. The topological polar surface area (TPSA) is 75.3 Å². The van der Waals surface area contributed by atoms with E-state index in [9.17, 15) is 13.2 Å². The van der Waals surface area contributed by atoms with Crippen LogP contribution in [0.5, 0.6) is 0 Å². The Morgan fingerprint density at radius 3 is 2.33 bits per heavy atom. The zero-order valence-electron chi connectivity index (χ0n) is 13.1. The van der Waals surface area contributed by atoms with Crippen molar-refractivity contribution in [3.05, 3.63) is 55.6 Å². The number of rotatable bonds is 5. The molecule has 0 atom stereocenters. The molecule has 24 heavy (non-hydrogen) atoms. The Bertz CT molecular complexity index is 868. The lowest BCUT2D eigenvalue weighted by atomic mass is 10.1. The molecule has 1 amide bonds. The first-order valence-corrected chi connectivity index (χ1v) is 10.4. The third-order valence-electron chi connectivity index (χ3n) is 3.40. The molecule has 0 bridgehead atoms. The third kappa shape index (κ3) is 5.01. The van der Waals surface area contributed by atoms with E-state index < -0.39 is 15.9 Å². The van der Waals surface area contributed by atoms with E-state index in [0.717, 1.165) is 19.2 Å². The van der Waals surface area contributed by atoms with Crippen molar-refractivity contribution >= 4 is 60.1 Å². The number of hydrogen-bond donors (Lipinski definition) is 2. The summed E-state index contributed by atoms with van der Waals surface area (Å²) in [5, 5.41) is 2.70. The van der Waals surface area contributed by atoms with E-state index in [2.05, 4.69) is 48.6 Å². The molecule has 128 valence electrons. The van der Waals surface area contributed by atoms with Crippen molar-refractivity contribution in [2.75, 3.05) is 11.9 Å². The second kappa shape index (κ2) is 7.94. The average molecular weight is 523 g/mol. The third-order valence-corrected chi connectivity index (χ3v) is 6.20. The molecule has 0 aliphatic heterocycles. The summed E-state index contributed by atoms with van der Waals surface area (Å²) in [6.45, 7) is 3.57. The van der Waals surface area contributed by atoms with E-state index in [4.69, 9.17) is 0 Å². The van der Waals surface area contributed by atoms with Gasteiger partial charge in [0, 0.05) is 8.04 Å². The van der Waals surface area contributed by atoms with Gasteiger partial charge in [0.25, 0.3) is 0 Å². The molecule has 0 fully saturated rings. The van der Waals surface area contributed by atoms with Crippen molar-refractivity contribution in [3.8, 4) is 0 Å². The van der Waals surface area contributed by atoms with Crippen LogP contribution >= 0.6 is 38.5 Å². The predicted octanol–water partition coefficient (Wildman–Crippen LogP) is 3.59. The molecule has 0 aliphatic carbocycles. The highest BCUT2D eigenvalue weighted by Crippen LogP contribution is 2.26. The van der Waals surface area contributed by atoms with Gasteiger partial charge in [-0.2, -0.15) is 0 Å². The summed E-state index contributed by atoms with van der Waals surface area (Å²) in [7, 11) is -3.72. The number of aryl methyl sites for hydroxylation is 2. The highest BCUT2D eigenvalue weighted by atomic mass is 127. The normalized spacial score (nSPS) is 11.3. The van der Waals surface area contributed by atoms with Crippen molar-refractivity contribution in [1.82, 2.24) is 4.72 Å². The molecule has 5 nitrogen and oxygen atoms in total. The van der Waals surface area contributed by atoms with Crippen LogP contribution in [0.3, 0.4) is 0 Å². The first kappa shape index (κ1) is 19.4. The van der Waals surface area contributed by atoms with Crippen LogP contribution in [0.25, 0.3) is 0 Å². The summed E-state index contributed by atoms with van der Waals surface area (Å²) in [4.78, 5) is 12.2. The van der Waals surface area contributed by atoms with Crippen molar-refractivity contribution in [1.29, 1.82) is 0 Å². The van der Waals surface area contributed by atoms with Gasteiger partial charge in [-0.1, -0.05) is 0 Å². The smallest absolute Gasteiger partial charge is 0.241 e. The van der Waals surface area contributed by atoms with E-state index in [1.807, 2.05) is 26.0 Å². The van der Waals surface area contributed by atoms with Gasteiger partial charge in [-0.05, 0) is 99.9 Å². The predicted molar refractivity (Wildman–Crippen MR) is 107 cm³/mol. The molecule has 2 aromatic rings. The maximum Gasteiger partial charge on any atom is 0.241 e. The lowest BCUT2D eigenvalue weighted by molar-refractivity contribution is -0.115. The van der Waals surface area contributed by atoms with E-state index >= 15 is 0 Å². The number of sulfonamides is 1. The van der Waals surface area contributed by atoms with Crippen LogP contribution in [0.1, 0.15) is 11.1 Å². The maximum atomic E-state index is 12.2. The summed E-state index contributed by atoms with van der Waals surface area (Å²) in [6.07, 6.45) is 0. The molecule has 2 rings (SSSR count). The molecule has 0 spiro atoms. The fourth-order valence-electron chi connectivity index (χ4n) is 1.93. The Morgan fingerprint density at radius 2 is 1.71 bits per heavy atom.